The fraction of sp³-hybridized carbons (Fsp3) is 0.125. The highest BCUT2D eigenvalue weighted by Crippen LogP contribution is 2.23. The van der Waals surface area contributed by atoms with Gasteiger partial charge < -0.3 is 9.30 Å². The Bertz CT molecular complexity index is 747. The number of nitrogens with zero attached hydrogens (tertiary/aromatic N) is 2. The number of thiophene rings is 1. The Kier molecular flexibility index (Phi) is 3.83. The van der Waals surface area contributed by atoms with Crippen LogP contribution in [0.15, 0.2) is 54.2 Å². The van der Waals surface area contributed by atoms with Crippen LogP contribution in [-0.2, 0) is 11.3 Å². The van der Waals surface area contributed by atoms with E-state index in [4.69, 9.17) is 4.74 Å². The number of methoxy groups -OCH3 is 1. The van der Waals surface area contributed by atoms with E-state index in [0.29, 0.717) is 12.1 Å². The zero-order valence-corrected chi connectivity index (χ0v) is 12.3. The van der Waals surface area contributed by atoms with E-state index < -0.39 is 0 Å². The Morgan fingerprint density at radius 3 is 3.00 bits per heavy atom. The molecule has 3 aromatic rings. The first-order valence-electron chi connectivity index (χ1n) is 6.50. The van der Waals surface area contributed by atoms with Crippen LogP contribution in [0.3, 0.4) is 0 Å². The molecule has 0 fully saturated rings. The number of carbonyl (C=O) groups excluding carboxylic acids is 1. The lowest BCUT2D eigenvalue weighted by Crippen LogP contribution is -2.04. The van der Waals surface area contributed by atoms with Gasteiger partial charge in [-0.3, -0.25) is 0 Å². The molecule has 0 bridgehead atoms. The van der Waals surface area contributed by atoms with Crippen molar-refractivity contribution in [2.75, 3.05) is 7.11 Å². The molecule has 0 aliphatic rings. The highest BCUT2D eigenvalue weighted by atomic mass is 32.1. The third-order valence-corrected chi connectivity index (χ3v) is 4.02. The molecule has 0 saturated heterocycles. The summed E-state index contributed by atoms with van der Waals surface area (Å²) in [4.78, 5) is 17.1. The fourth-order valence-electron chi connectivity index (χ4n) is 2.18. The van der Waals surface area contributed by atoms with E-state index in [2.05, 4.69) is 9.55 Å². The second-order valence-corrected chi connectivity index (χ2v) is 5.50. The van der Waals surface area contributed by atoms with Gasteiger partial charge in [-0.2, -0.15) is 0 Å². The van der Waals surface area contributed by atoms with Crippen molar-refractivity contribution in [2.45, 2.75) is 6.54 Å². The van der Waals surface area contributed by atoms with Crippen molar-refractivity contribution >= 4 is 17.3 Å². The predicted octanol–water partition coefficient (Wildman–Crippen LogP) is 3.45. The molecule has 0 spiro atoms. The van der Waals surface area contributed by atoms with Crippen LogP contribution in [-0.4, -0.2) is 22.6 Å². The summed E-state index contributed by atoms with van der Waals surface area (Å²) in [6.07, 6.45) is 3.74. The van der Waals surface area contributed by atoms with Crippen LogP contribution in [0, 0.1) is 0 Å². The smallest absolute Gasteiger partial charge is 0.337 e. The zero-order valence-electron chi connectivity index (χ0n) is 11.5. The van der Waals surface area contributed by atoms with E-state index >= 15 is 0 Å². The van der Waals surface area contributed by atoms with Crippen LogP contribution in [0.5, 0.6) is 0 Å². The molecule has 0 aliphatic carbocycles. The molecule has 2 heterocycles. The van der Waals surface area contributed by atoms with Crippen LogP contribution < -0.4 is 0 Å². The largest absolute Gasteiger partial charge is 0.465 e. The van der Waals surface area contributed by atoms with Gasteiger partial charge in [-0.25, -0.2) is 9.78 Å². The Morgan fingerprint density at radius 2 is 2.24 bits per heavy atom. The molecule has 0 radical (unpaired) electrons. The van der Waals surface area contributed by atoms with Gasteiger partial charge in [-0.1, -0.05) is 18.2 Å². The molecule has 0 unspecified atom stereocenters. The van der Waals surface area contributed by atoms with Crippen molar-refractivity contribution < 1.29 is 9.53 Å². The Hall–Kier alpha value is -2.40. The maximum atomic E-state index is 11.6. The minimum atomic E-state index is -0.319. The molecular weight excluding hydrogens is 284 g/mol. The molecule has 0 aliphatic heterocycles. The molecule has 4 nitrogen and oxygen atoms in total. The highest BCUT2D eigenvalue weighted by molar-refractivity contribution is 7.13. The van der Waals surface area contributed by atoms with Gasteiger partial charge >= 0.3 is 5.97 Å². The molecule has 0 atom stereocenters. The quantitative estimate of drug-likeness (QED) is 0.693. The minimum Gasteiger partial charge on any atom is -0.465 e. The normalized spacial score (nSPS) is 10.5. The van der Waals surface area contributed by atoms with E-state index in [1.807, 2.05) is 41.9 Å². The SMILES string of the molecule is COC(=O)c1cccc(Cn2ccnc2-c2cccs2)c1. The number of hydrogen-bond acceptors (Lipinski definition) is 4. The Morgan fingerprint density at radius 1 is 1.33 bits per heavy atom. The van der Waals surface area contributed by atoms with Gasteiger partial charge in [0.25, 0.3) is 0 Å². The molecule has 106 valence electrons. The lowest BCUT2D eigenvalue weighted by atomic mass is 10.1. The van der Waals surface area contributed by atoms with E-state index in [0.717, 1.165) is 16.3 Å². The van der Waals surface area contributed by atoms with Crippen molar-refractivity contribution in [1.82, 2.24) is 9.55 Å². The molecule has 0 N–H and O–H groups in total. The van der Waals surface area contributed by atoms with Crippen molar-refractivity contribution in [3.8, 4) is 10.7 Å². The number of benzene rings is 1. The zero-order chi connectivity index (χ0) is 14.7. The Labute approximate surface area is 126 Å². The first-order valence-corrected chi connectivity index (χ1v) is 7.38. The average Bonchev–Trinajstić information content (AvgIpc) is 3.17. The standard InChI is InChI=1S/C16H14N2O2S/c1-20-16(19)13-5-2-4-12(10-13)11-18-8-7-17-15(18)14-6-3-9-21-14/h2-10H,11H2,1H3. The topological polar surface area (TPSA) is 44.1 Å². The van der Waals surface area contributed by atoms with Gasteiger partial charge in [0.2, 0.25) is 0 Å². The predicted molar refractivity (Wildman–Crippen MR) is 82.4 cm³/mol. The fourth-order valence-corrected chi connectivity index (χ4v) is 2.92. The number of carbonyl (C=O) groups is 1. The summed E-state index contributed by atoms with van der Waals surface area (Å²) in [6, 6.07) is 11.5. The molecule has 0 amide bonds. The minimum absolute atomic E-state index is 0.319. The number of esters is 1. The van der Waals surface area contributed by atoms with E-state index in [9.17, 15) is 4.79 Å². The van der Waals surface area contributed by atoms with Crippen molar-refractivity contribution in [2.24, 2.45) is 0 Å². The lowest BCUT2D eigenvalue weighted by molar-refractivity contribution is 0.0600. The van der Waals surface area contributed by atoms with E-state index in [1.165, 1.54) is 7.11 Å². The van der Waals surface area contributed by atoms with E-state index in [-0.39, 0.29) is 5.97 Å². The maximum absolute atomic E-state index is 11.6. The Balaban J connectivity index is 1.88. The lowest BCUT2D eigenvalue weighted by Gasteiger charge is -2.08. The summed E-state index contributed by atoms with van der Waals surface area (Å²) < 4.78 is 6.82. The summed E-state index contributed by atoms with van der Waals surface area (Å²) >= 11 is 1.66. The monoisotopic (exact) mass is 298 g/mol. The van der Waals surface area contributed by atoms with Crippen molar-refractivity contribution in [1.29, 1.82) is 0 Å². The average molecular weight is 298 g/mol. The van der Waals surface area contributed by atoms with Gasteiger partial charge in [-0.05, 0) is 29.1 Å². The number of aromatic nitrogens is 2. The maximum Gasteiger partial charge on any atom is 0.337 e. The summed E-state index contributed by atoms with van der Waals surface area (Å²) in [7, 11) is 1.39. The number of rotatable bonds is 4. The third-order valence-electron chi connectivity index (χ3n) is 3.16. The number of imidazole rings is 1. The van der Waals surface area contributed by atoms with E-state index in [1.54, 1.807) is 23.6 Å². The molecule has 21 heavy (non-hydrogen) atoms. The van der Waals surface area contributed by atoms with Crippen molar-refractivity contribution in [3.05, 3.63) is 65.3 Å². The van der Waals surface area contributed by atoms with Gasteiger partial charge in [0.15, 0.2) is 0 Å². The molecule has 2 aromatic heterocycles. The van der Waals surface area contributed by atoms with Crippen LogP contribution in [0.1, 0.15) is 15.9 Å². The van der Waals surface area contributed by atoms with Crippen LogP contribution in [0.25, 0.3) is 10.7 Å². The van der Waals surface area contributed by atoms with Crippen molar-refractivity contribution in [3.63, 3.8) is 0 Å². The highest BCUT2D eigenvalue weighted by Gasteiger charge is 2.09. The second kappa shape index (κ2) is 5.93. The number of hydrogen-bond donors (Lipinski definition) is 0. The number of ether oxygens (including phenoxy) is 1. The molecular formula is C16H14N2O2S. The third kappa shape index (κ3) is 2.87. The summed E-state index contributed by atoms with van der Waals surface area (Å²) in [5.41, 5.74) is 1.60. The molecule has 3 rings (SSSR count). The summed E-state index contributed by atoms with van der Waals surface area (Å²) in [5.74, 6) is 0.620. The van der Waals surface area contributed by atoms with Gasteiger partial charge in [0, 0.05) is 18.9 Å². The first kappa shape index (κ1) is 13.6. The molecule has 5 heteroatoms. The first-order chi connectivity index (χ1) is 10.3. The van der Waals surface area contributed by atoms with Gasteiger partial charge in [-0.15, -0.1) is 11.3 Å². The van der Waals surface area contributed by atoms with Gasteiger partial charge in [0.1, 0.15) is 5.82 Å². The molecule has 0 saturated carbocycles. The van der Waals surface area contributed by atoms with Crippen LogP contribution in [0.4, 0.5) is 0 Å². The van der Waals surface area contributed by atoms with Crippen LogP contribution in [0.2, 0.25) is 0 Å². The summed E-state index contributed by atoms with van der Waals surface area (Å²) in [6.45, 7) is 0.665. The molecule has 1 aromatic carbocycles. The second-order valence-electron chi connectivity index (χ2n) is 4.55. The van der Waals surface area contributed by atoms with Crippen LogP contribution >= 0.6 is 11.3 Å². The van der Waals surface area contributed by atoms with Gasteiger partial charge in [0.05, 0.1) is 17.6 Å². The summed E-state index contributed by atoms with van der Waals surface area (Å²) in [5, 5.41) is 2.03.